The molecule has 0 aliphatic carbocycles. The zero-order valence-electron chi connectivity index (χ0n) is 18.1. The molecule has 0 spiro atoms. The normalized spacial score (nSPS) is 19.6. The van der Waals surface area contributed by atoms with Gasteiger partial charge in [0.25, 0.3) is 5.91 Å². The fourth-order valence-electron chi connectivity index (χ4n) is 3.99. The van der Waals surface area contributed by atoms with Crippen molar-refractivity contribution in [2.24, 2.45) is 0 Å². The molecule has 8 heteroatoms. The van der Waals surface area contributed by atoms with Gasteiger partial charge in [-0.1, -0.05) is 24.6 Å². The first-order chi connectivity index (χ1) is 14.7. The zero-order chi connectivity index (χ0) is 22.6. The summed E-state index contributed by atoms with van der Waals surface area (Å²) in [4.78, 5) is 26.3. The predicted octanol–water partition coefficient (Wildman–Crippen LogP) is 3.35. The highest BCUT2D eigenvalue weighted by molar-refractivity contribution is 7.89. The molecule has 0 radical (unpaired) electrons. The summed E-state index contributed by atoms with van der Waals surface area (Å²) in [7, 11) is -2.04. The molecular formula is C23H29N3O4S. The quantitative estimate of drug-likeness (QED) is 0.742. The highest BCUT2D eigenvalue weighted by Crippen LogP contribution is 2.29. The number of nitrogens with one attached hydrogen (secondary N) is 1. The van der Waals surface area contributed by atoms with Crippen LogP contribution in [0.4, 0.5) is 5.69 Å². The smallest absolute Gasteiger partial charge is 0.254 e. The highest BCUT2D eigenvalue weighted by Gasteiger charge is 2.35. The van der Waals surface area contributed by atoms with Gasteiger partial charge in [0.15, 0.2) is 0 Å². The topological polar surface area (TPSA) is 86.8 Å². The van der Waals surface area contributed by atoms with E-state index in [-0.39, 0.29) is 35.3 Å². The van der Waals surface area contributed by atoms with Crippen molar-refractivity contribution in [3.05, 3.63) is 60.2 Å². The number of rotatable bonds is 6. The first kappa shape index (κ1) is 23.0. The van der Waals surface area contributed by atoms with Crippen LogP contribution >= 0.6 is 0 Å². The lowest BCUT2D eigenvalue weighted by Crippen LogP contribution is -2.47. The van der Waals surface area contributed by atoms with Gasteiger partial charge in [0, 0.05) is 30.4 Å². The molecule has 0 bridgehead atoms. The third-order valence-electron chi connectivity index (χ3n) is 5.57. The number of sulfonamides is 1. The number of piperidine rings is 1. The van der Waals surface area contributed by atoms with E-state index in [0.29, 0.717) is 11.3 Å². The second kappa shape index (κ2) is 9.62. The van der Waals surface area contributed by atoms with Crippen LogP contribution in [0.3, 0.4) is 0 Å². The van der Waals surface area contributed by atoms with Gasteiger partial charge in [-0.2, -0.15) is 4.31 Å². The molecule has 2 aromatic carbocycles. The van der Waals surface area contributed by atoms with E-state index in [4.69, 9.17) is 0 Å². The molecule has 2 unspecified atom stereocenters. The largest absolute Gasteiger partial charge is 0.332 e. The standard InChI is InChI=1S/C23H29N3O4S/c1-17-8-7-9-18(2)26(17)31(29,30)21-14-12-20(13-15-21)24-22(27)16-25(3)23(28)19-10-5-4-6-11-19/h4-6,10-15,17-18H,7-9,16H2,1-3H3,(H,24,27). The maximum Gasteiger partial charge on any atom is 0.254 e. The molecule has 7 nitrogen and oxygen atoms in total. The lowest BCUT2D eigenvalue weighted by molar-refractivity contribution is -0.116. The van der Waals surface area contributed by atoms with E-state index >= 15 is 0 Å². The SMILES string of the molecule is CC1CCCC(C)N1S(=O)(=O)c1ccc(NC(=O)CN(C)C(=O)c2ccccc2)cc1. The molecule has 2 amide bonds. The van der Waals surface area contributed by atoms with Crippen molar-refractivity contribution in [2.75, 3.05) is 18.9 Å². The van der Waals surface area contributed by atoms with Crippen LogP contribution in [0.25, 0.3) is 0 Å². The summed E-state index contributed by atoms with van der Waals surface area (Å²) in [5.41, 5.74) is 0.984. The van der Waals surface area contributed by atoms with Gasteiger partial charge < -0.3 is 10.2 Å². The Balaban J connectivity index is 1.63. The molecule has 0 saturated carbocycles. The van der Waals surface area contributed by atoms with E-state index in [9.17, 15) is 18.0 Å². The molecule has 1 N–H and O–H groups in total. The zero-order valence-corrected chi connectivity index (χ0v) is 18.9. The summed E-state index contributed by atoms with van der Waals surface area (Å²) in [5, 5.41) is 2.71. The van der Waals surface area contributed by atoms with E-state index < -0.39 is 10.0 Å². The minimum Gasteiger partial charge on any atom is -0.332 e. The van der Waals surface area contributed by atoms with Crippen LogP contribution in [0.5, 0.6) is 0 Å². The number of likely N-dealkylation sites (N-methyl/N-ethyl adjacent to an activating group) is 1. The molecule has 0 aromatic heterocycles. The highest BCUT2D eigenvalue weighted by atomic mass is 32.2. The Morgan fingerprint density at radius 1 is 1.00 bits per heavy atom. The molecule has 31 heavy (non-hydrogen) atoms. The van der Waals surface area contributed by atoms with Crippen LogP contribution in [0, 0.1) is 0 Å². The Hall–Kier alpha value is -2.71. The van der Waals surface area contributed by atoms with Crippen molar-refractivity contribution in [1.82, 2.24) is 9.21 Å². The lowest BCUT2D eigenvalue weighted by Gasteiger charge is -2.37. The molecule has 1 heterocycles. The van der Waals surface area contributed by atoms with E-state index in [1.807, 2.05) is 19.9 Å². The van der Waals surface area contributed by atoms with Crippen LogP contribution in [-0.2, 0) is 14.8 Å². The van der Waals surface area contributed by atoms with Crippen LogP contribution in [-0.4, -0.2) is 55.1 Å². The first-order valence-corrected chi connectivity index (χ1v) is 11.9. The molecule has 2 atom stereocenters. The molecular weight excluding hydrogens is 414 g/mol. The van der Waals surface area contributed by atoms with Gasteiger partial charge in [-0.05, 0) is 63.1 Å². The van der Waals surface area contributed by atoms with Crippen molar-refractivity contribution in [2.45, 2.75) is 50.1 Å². The van der Waals surface area contributed by atoms with Gasteiger partial charge in [-0.3, -0.25) is 9.59 Å². The van der Waals surface area contributed by atoms with Gasteiger partial charge >= 0.3 is 0 Å². The van der Waals surface area contributed by atoms with Crippen molar-refractivity contribution < 1.29 is 18.0 Å². The number of amides is 2. The minimum atomic E-state index is -3.60. The van der Waals surface area contributed by atoms with Crippen molar-refractivity contribution in [3.63, 3.8) is 0 Å². The number of carbonyl (C=O) groups is 2. The van der Waals surface area contributed by atoms with Crippen molar-refractivity contribution in [3.8, 4) is 0 Å². The summed E-state index contributed by atoms with van der Waals surface area (Å²) in [5.74, 6) is -0.609. The van der Waals surface area contributed by atoms with Crippen molar-refractivity contribution in [1.29, 1.82) is 0 Å². The minimum absolute atomic E-state index is 0.0363. The number of hydrogen-bond donors (Lipinski definition) is 1. The maximum atomic E-state index is 13.1. The van der Waals surface area contributed by atoms with Crippen molar-refractivity contribution >= 4 is 27.5 Å². The Morgan fingerprint density at radius 3 is 2.16 bits per heavy atom. The van der Waals surface area contributed by atoms with Crippen LogP contribution < -0.4 is 5.32 Å². The van der Waals surface area contributed by atoms with Gasteiger partial charge in [-0.15, -0.1) is 0 Å². The van der Waals surface area contributed by atoms with E-state index in [1.54, 1.807) is 47.8 Å². The van der Waals surface area contributed by atoms with Crippen LogP contribution in [0.1, 0.15) is 43.5 Å². The number of hydrogen-bond acceptors (Lipinski definition) is 4. The number of carbonyl (C=O) groups excluding carboxylic acids is 2. The fourth-order valence-corrected chi connectivity index (χ4v) is 5.87. The van der Waals surface area contributed by atoms with Gasteiger partial charge in [0.1, 0.15) is 0 Å². The Labute approximate surface area is 184 Å². The van der Waals surface area contributed by atoms with Crippen LogP contribution in [0.15, 0.2) is 59.5 Å². The molecule has 1 aliphatic rings. The molecule has 166 valence electrons. The van der Waals surface area contributed by atoms with Crippen LogP contribution in [0.2, 0.25) is 0 Å². The van der Waals surface area contributed by atoms with Gasteiger partial charge in [0.2, 0.25) is 15.9 Å². The van der Waals surface area contributed by atoms with Gasteiger partial charge in [-0.25, -0.2) is 8.42 Å². The number of nitrogens with zero attached hydrogens (tertiary/aromatic N) is 2. The summed E-state index contributed by atoms with van der Waals surface area (Å²) in [6.45, 7) is 3.76. The monoisotopic (exact) mass is 443 g/mol. The number of benzene rings is 2. The Morgan fingerprint density at radius 2 is 1.58 bits per heavy atom. The molecule has 3 rings (SSSR count). The Kier molecular flexibility index (Phi) is 7.12. The Bertz CT molecular complexity index is 1010. The maximum absolute atomic E-state index is 13.1. The summed E-state index contributed by atoms with van der Waals surface area (Å²) in [6, 6.07) is 14.8. The predicted molar refractivity (Wildman–Crippen MR) is 120 cm³/mol. The fraction of sp³-hybridized carbons (Fsp3) is 0.391. The average molecular weight is 444 g/mol. The van der Waals surface area contributed by atoms with Gasteiger partial charge in [0.05, 0.1) is 11.4 Å². The third kappa shape index (κ3) is 5.32. The molecule has 1 fully saturated rings. The second-order valence-electron chi connectivity index (χ2n) is 8.06. The first-order valence-electron chi connectivity index (χ1n) is 10.4. The van der Waals surface area contributed by atoms with E-state index in [2.05, 4.69) is 5.32 Å². The lowest BCUT2D eigenvalue weighted by atomic mass is 10.0. The summed E-state index contributed by atoms with van der Waals surface area (Å²) < 4.78 is 27.8. The molecule has 1 saturated heterocycles. The molecule has 1 aliphatic heterocycles. The van der Waals surface area contributed by atoms with E-state index in [0.717, 1.165) is 19.3 Å². The second-order valence-corrected chi connectivity index (χ2v) is 9.91. The number of anilines is 1. The third-order valence-corrected chi connectivity index (χ3v) is 7.72. The molecule has 2 aromatic rings. The average Bonchev–Trinajstić information content (AvgIpc) is 2.73. The van der Waals surface area contributed by atoms with E-state index in [1.165, 1.54) is 17.0 Å². The summed E-state index contributed by atoms with van der Waals surface area (Å²) >= 11 is 0. The summed E-state index contributed by atoms with van der Waals surface area (Å²) in [6.07, 6.45) is 2.74.